The number of carbonyl (C=O) groups excluding carboxylic acids is 1. The zero-order valence-corrected chi connectivity index (χ0v) is 16.9. The fraction of sp³-hybridized carbons (Fsp3) is 0.217. The number of nitrogens with one attached hydrogen (secondary N) is 2. The number of imidazole rings is 1. The van der Waals surface area contributed by atoms with Crippen molar-refractivity contribution >= 4 is 33.3 Å². The molecule has 2 aromatic carbocycles. The maximum Gasteiger partial charge on any atom is 0.256 e. The summed E-state index contributed by atoms with van der Waals surface area (Å²) in [6, 6.07) is 15.2. The van der Waals surface area contributed by atoms with Crippen LogP contribution < -0.4 is 10.1 Å². The van der Waals surface area contributed by atoms with Crippen LogP contribution >= 0.6 is 11.3 Å². The molecule has 4 aromatic rings. The second-order valence-corrected chi connectivity index (χ2v) is 8.31. The van der Waals surface area contributed by atoms with Crippen molar-refractivity contribution in [2.45, 2.75) is 25.7 Å². The molecule has 2 N–H and O–H groups in total. The number of nitrogens with zero attached hydrogens (tertiary/aromatic N) is 1. The largest absolute Gasteiger partial charge is 0.497 e. The number of H-pyrrole nitrogens is 1. The van der Waals surface area contributed by atoms with E-state index >= 15 is 0 Å². The number of fused-ring (bicyclic) bond motifs is 2. The minimum absolute atomic E-state index is 0.139. The Hall–Kier alpha value is -3.12. The standard InChI is InChI=1S/C23H21N3O2S/c1-28-15-8-6-7-14(13-15)22(27)26-23-20(16-9-2-5-12-19(16)29-23)21-24-17-10-3-4-11-18(17)25-21/h3-4,6-8,10-11,13H,2,5,9,12H2,1H3,(H,24,25)(H,26,27). The highest BCUT2D eigenvalue weighted by Crippen LogP contribution is 2.43. The van der Waals surface area contributed by atoms with Gasteiger partial charge in [0.25, 0.3) is 5.91 Å². The van der Waals surface area contributed by atoms with Crippen molar-refractivity contribution in [2.24, 2.45) is 0 Å². The number of amides is 1. The Bertz CT molecular complexity index is 1180. The highest BCUT2D eigenvalue weighted by molar-refractivity contribution is 7.17. The molecule has 0 atom stereocenters. The van der Waals surface area contributed by atoms with E-state index in [1.165, 1.54) is 23.3 Å². The summed E-state index contributed by atoms with van der Waals surface area (Å²) in [6.45, 7) is 0. The number of ether oxygens (including phenoxy) is 1. The van der Waals surface area contributed by atoms with E-state index in [9.17, 15) is 4.79 Å². The number of hydrogen-bond donors (Lipinski definition) is 2. The van der Waals surface area contributed by atoms with Gasteiger partial charge in [0.05, 0.1) is 23.7 Å². The minimum Gasteiger partial charge on any atom is -0.497 e. The van der Waals surface area contributed by atoms with E-state index in [0.717, 1.165) is 40.3 Å². The fourth-order valence-corrected chi connectivity index (χ4v) is 5.20. The first-order valence-corrected chi connectivity index (χ1v) is 10.6. The quantitative estimate of drug-likeness (QED) is 0.477. The van der Waals surface area contributed by atoms with Crippen molar-refractivity contribution in [1.29, 1.82) is 0 Å². The van der Waals surface area contributed by atoms with Crippen LogP contribution in [0.25, 0.3) is 22.4 Å². The summed E-state index contributed by atoms with van der Waals surface area (Å²) >= 11 is 1.68. The number of anilines is 1. The monoisotopic (exact) mass is 403 g/mol. The van der Waals surface area contributed by atoms with Gasteiger partial charge in [-0.15, -0.1) is 11.3 Å². The van der Waals surface area contributed by atoms with Crippen molar-refractivity contribution in [3.63, 3.8) is 0 Å². The van der Waals surface area contributed by atoms with Gasteiger partial charge >= 0.3 is 0 Å². The zero-order chi connectivity index (χ0) is 19.8. The molecule has 0 fully saturated rings. The molecule has 1 amide bonds. The molecule has 0 unspecified atom stereocenters. The van der Waals surface area contributed by atoms with Crippen molar-refractivity contribution < 1.29 is 9.53 Å². The predicted octanol–water partition coefficient (Wildman–Crippen LogP) is 5.43. The first-order chi connectivity index (χ1) is 14.2. The molecule has 0 spiro atoms. The molecular formula is C23H21N3O2S. The van der Waals surface area contributed by atoms with E-state index in [1.807, 2.05) is 36.4 Å². The van der Waals surface area contributed by atoms with Gasteiger partial charge in [-0.2, -0.15) is 0 Å². The number of hydrogen-bond acceptors (Lipinski definition) is 4. The minimum atomic E-state index is -0.139. The van der Waals surface area contributed by atoms with Gasteiger partial charge in [0, 0.05) is 10.4 Å². The van der Waals surface area contributed by atoms with Crippen molar-refractivity contribution in [3.05, 3.63) is 64.5 Å². The summed E-state index contributed by atoms with van der Waals surface area (Å²) < 4.78 is 5.26. The molecule has 1 aliphatic rings. The normalized spacial score (nSPS) is 13.3. The molecule has 0 bridgehead atoms. The summed E-state index contributed by atoms with van der Waals surface area (Å²) in [6.07, 6.45) is 4.44. The van der Waals surface area contributed by atoms with Gasteiger partial charge in [-0.3, -0.25) is 4.79 Å². The lowest BCUT2D eigenvalue weighted by Crippen LogP contribution is -2.12. The van der Waals surface area contributed by atoms with Gasteiger partial charge in [0.2, 0.25) is 0 Å². The van der Waals surface area contributed by atoms with Crippen molar-refractivity contribution in [2.75, 3.05) is 12.4 Å². The predicted molar refractivity (Wildman–Crippen MR) is 117 cm³/mol. The second-order valence-electron chi connectivity index (χ2n) is 7.20. The molecule has 6 heteroatoms. The van der Waals surface area contributed by atoms with Gasteiger partial charge in [-0.25, -0.2) is 4.98 Å². The number of benzene rings is 2. The van der Waals surface area contributed by atoms with Crippen LogP contribution in [0.1, 0.15) is 33.6 Å². The van der Waals surface area contributed by atoms with Crippen LogP contribution in [0.5, 0.6) is 5.75 Å². The first-order valence-electron chi connectivity index (χ1n) is 9.78. The van der Waals surface area contributed by atoms with Crippen LogP contribution in [0.2, 0.25) is 0 Å². The number of thiophene rings is 1. The third-order valence-electron chi connectivity index (χ3n) is 5.36. The Morgan fingerprint density at radius 2 is 2.00 bits per heavy atom. The van der Waals surface area contributed by atoms with Gasteiger partial charge < -0.3 is 15.0 Å². The lowest BCUT2D eigenvalue weighted by atomic mass is 9.95. The molecule has 29 heavy (non-hydrogen) atoms. The van der Waals surface area contributed by atoms with E-state index < -0.39 is 0 Å². The van der Waals surface area contributed by atoms with Crippen LogP contribution in [0.3, 0.4) is 0 Å². The van der Waals surface area contributed by atoms with Crippen molar-refractivity contribution in [3.8, 4) is 17.1 Å². The molecule has 146 valence electrons. The van der Waals surface area contributed by atoms with E-state index in [0.29, 0.717) is 11.3 Å². The Kier molecular flexibility index (Phi) is 4.56. The molecule has 1 aliphatic carbocycles. The Balaban J connectivity index is 1.57. The van der Waals surface area contributed by atoms with Gasteiger partial charge in [-0.05, 0) is 61.6 Å². The van der Waals surface area contributed by atoms with E-state index in [4.69, 9.17) is 9.72 Å². The van der Waals surface area contributed by atoms with E-state index in [2.05, 4.69) is 10.3 Å². The molecule has 0 saturated heterocycles. The Morgan fingerprint density at radius 1 is 1.14 bits per heavy atom. The number of methoxy groups -OCH3 is 1. The molecule has 2 aromatic heterocycles. The number of para-hydroxylation sites is 2. The van der Waals surface area contributed by atoms with Crippen LogP contribution in [-0.4, -0.2) is 23.0 Å². The van der Waals surface area contributed by atoms with Crippen LogP contribution in [0, 0.1) is 0 Å². The third kappa shape index (κ3) is 3.29. The number of aromatic nitrogens is 2. The number of aromatic amines is 1. The molecular weight excluding hydrogens is 382 g/mol. The summed E-state index contributed by atoms with van der Waals surface area (Å²) in [5.74, 6) is 1.35. The maximum absolute atomic E-state index is 13.0. The highest BCUT2D eigenvalue weighted by atomic mass is 32.1. The maximum atomic E-state index is 13.0. The highest BCUT2D eigenvalue weighted by Gasteiger charge is 2.25. The second kappa shape index (κ2) is 7.37. The molecule has 0 aliphatic heterocycles. The van der Waals surface area contributed by atoms with Crippen LogP contribution in [0.4, 0.5) is 5.00 Å². The lowest BCUT2D eigenvalue weighted by Gasteiger charge is -2.12. The average Bonchev–Trinajstić information content (AvgIpc) is 3.34. The Labute approximate surface area is 172 Å². The zero-order valence-electron chi connectivity index (χ0n) is 16.1. The summed E-state index contributed by atoms with van der Waals surface area (Å²) in [7, 11) is 1.60. The number of aryl methyl sites for hydroxylation is 1. The molecule has 0 radical (unpaired) electrons. The first kappa shape index (κ1) is 17.9. The van der Waals surface area contributed by atoms with Crippen LogP contribution in [-0.2, 0) is 12.8 Å². The molecule has 2 heterocycles. The fourth-order valence-electron chi connectivity index (χ4n) is 3.92. The van der Waals surface area contributed by atoms with E-state index in [-0.39, 0.29) is 5.91 Å². The number of carbonyl (C=O) groups is 1. The molecule has 5 nitrogen and oxygen atoms in total. The van der Waals surface area contributed by atoms with Gasteiger partial charge in [-0.1, -0.05) is 18.2 Å². The van der Waals surface area contributed by atoms with E-state index in [1.54, 1.807) is 30.6 Å². The SMILES string of the molecule is COc1cccc(C(=O)Nc2sc3c(c2-c2nc4ccccc4[nH]2)CCCC3)c1. The average molecular weight is 404 g/mol. The topological polar surface area (TPSA) is 67.0 Å². The molecule has 5 rings (SSSR count). The summed E-state index contributed by atoms with van der Waals surface area (Å²) in [5, 5.41) is 4.01. The van der Waals surface area contributed by atoms with Gasteiger partial charge in [0.1, 0.15) is 16.6 Å². The summed E-state index contributed by atoms with van der Waals surface area (Å²) in [5.41, 5.74) is 4.87. The van der Waals surface area contributed by atoms with Crippen molar-refractivity contribution in [1.82, 2.24) is 9.97 Å². The van der Waals surface area contributed by atoms with Crippen LogP contribution in [0.15, 0.2) is 48.5 Å². The Morgan fingerprint density at radius 3 is 2.86 bits per heavy atom. The lowest BCUT2D eigenvalue weighted by molar-refractivity contribution is 0.102. The smallest absolute Gasteiger partial charge is 0.256 e. The summed E-state index contributed by atoms with van der Waals surface area (Å²) in [4.78, 5) is 22.6. The van der Waals surface area contributed by atoms with Gasteiger partial charge in [0.15, 0.2) is 0 Å². The number of rotatable bonds is 4. The molecule has 0 saturated carbocycles. The third-order valence-corrected chi connectivity index (χ3v) is 6.56.